The van der Waals surface area contributed by atoms with Crippen molar-refractivity contribution in [1.82, 2.24) is 9.97 Å². The number of hydrogen-bond acceptors (Lipinski definition) is 4. The number of nitrogens with zero attached hydrogens (tertiary/aromatic N) is 2. The van der Waals surface area contributed by atoms with E-state index in [1.165, 1.54) is 173 Å². The van der Waals surface area contributed by atoms with Crippen molar-refractivity contribution < 1.29 is 0 Å². The largest absolute Gasteiger partial charge is 0.398 e. The van der Waals surface area contributed by atoms with Gasteiger partial charge in [-0.15, -0.1) is 0 Å². The van der Waals surface area contributed by atoms with Gasteiger partial charge in [0, 0.05) is 29.3 Å². The van der Waals surface area contributed by atoms with Gasteiger partial charge in [0.1, 0.15) is 0 Å². The van der Waals surface area contributed by atoms with Gasteiger partial charge in [0.2, 0.25) is 0 Å². The van der Waals surface area contributed by atoms with Gasteiger partial charge in [-0.2, -0.15) is 0 Å². The number of nitrogen functional groups attached to an aromatic ring is 2. The van der Waals surface area contributed by atoms with Crippen LogP contribution in [0.2, 0.25) is 0 Å². The summed E-state index contributed by atoms with van der Waals surface area (Å²) in [4.78, 5) is 10.5. The normalized spacial score (nSPS) is 21.7. The molecule has 1 aromatic heterocycles. The van der Waals surface area contributed by atoms with E-state index in [1.807, 2.05) is 12.4 Å². The van der Waals surface area contributed by atoms with Crippen molar-refractivity contribution in [3.63, 3.8) is 0 Å². The Morgan fingerprint density at radius 1 is 0.471 bits per heavy atom. The highest BCUT2D eigenvalue weighted by atomic mass is 14.8. The van der Waals surface area contributed by atoms with E-state index in [4.69, 9.17) is 21.4 Å². The quantitative estimate of drug-likeness (QED) is 0.175. The van der Waals surface area contributed by atoms with Crippen LogP contribution in [0.4, 0.5) is 11.4 Å². The van der Waals surface area contributed by atoms with Gasteiger partial charge in [-0.3, -0.25) is 9.97 Å². The molecule has 266 valence electrons. The fraction of sp³-hybridized carbons (Fsp3) is 0.532. The van der Waals surface area contributed by atoms with E-state index in [0.29, 0.717) is 23.7 Å². The zero-order valence-corrected chi connectivity index (χ0v) is 30.8. The maximum Gasteiger partial charge on any atom is 0.0937 e. The van der Waals surface area contributed by atoms with Crippen molar-refractivity contribution in [2.24, 2.45) is 0 Å². The lowest BCUT2D eigenvalue weighted by atomic mass is 9.65. The van der Waals surface area contributed by atoms with Crippen molar-refractivity contribution in [1.29, 1.82) is 0 Å². The Bertz CT molecular complexity index is 1650. The predicted molar refractivity (Wildman–Crippen MR) is 211 cm³/mol. The zero-order chi connectivity index (χ0) is 34.4. The molecule has 4 fully saturated rings. The molecule has 0 amide bonds. The summed E-state index contributed by atoms with van der Waals surface area (Å²) in [5.41, 5.74) is 29.3. The van der Waals surface area contributed by atoms with Gasteiger partial charge >= 0.3 is 0 Å². The average Bonchev–Trinajstić information content (AvgIpc) is 3.50. The SMILES string of the molecule is Nc1c(C2CCCCC2)cc(C2(c3cc(C4CCCCC4)c(N)c(C4CCCCC4)c3)c3ccccc3-c3nccnc32)cc1C1CCCCC1. The Morgan fingerprint density at radius 3 is 1.25 bits per heavy atom. The second-order valence-corrected chi connectivity index (χ2v) is 17.0. The maximum atomic E-state index is 7.40. The molecule has 51 heavy (non-hydrogen) atoms. The molecule has 0 spiro atoms. The Labute approximate surface area is 306 Å². The van der Waals surface area contributed by atoms with Crippen molar-refractivity contribution >= 4 is 11.4 Å². The van der Waals surface area contributed by atoms with Gasteiger partial charge in [-0.05, 0) is 114 Å². The van der Waals surface area contributed by atoms with Crippen molar-refractivity contribution in [2.75, 3.05) is 11.5 Å². The van der Waals surface area contributed by atoms with Gasteiger partial charge in [-0.25, -0.2) is 0 Å². The monoisotopic (exact) mass is 678 g/mol. The second kappa shape index (κ2) is 14.1. The first-order chi connectivity index (χ1) is 25.1. The van der Waals surface area contributed by atoms with E-state index in [9.17, 15) is 0 Å². The third kappa shape index (κ3) is 5.71. The molecule has 4 heteroatoms. The van der Waals surface area contributed by atoms with E-state index in [-0.39, 0.29) is 0 Å². The molecule has 4 nitrogen and oxygen atoms in total. The number of benzene rings is 3. The Balaban J connectivity index is 1.36. The lowest BCUT2D eigenvalue weighted by Gasteiger charge is -2.38. The first-order valence-electron chi connectivity index (χ1n) is 20.9. The van der Waals surface area contributed by atoms with Crippen LogP contribution < -0.4 is 11.5 Å². The van der Waals surface area contributed by atoms with Crippen LogP contribution in [0.1, 0.15) is 197 Å². The molecule has 0 atom stereocenters. The highest BCUT2D eigenvalue weighted by molar-refractivity contribution is 5.84. The van der Waals surface area contributed by atoms with Crippen molar-refractivity contribution in [3.8, 4) is 11.3 Å². The van der Waals surface area contributed by atoms with Crippen LogP contribution in [0.15, 0.2) is 60.9 Å². The van der Waals surface area contributed by atoms with Gasteiger partial charge in [-0.1, -0.05) is 126 Å². The second-order valence-electron chi connectivity index (χ2n) is 17.0. The molecule has 0 saturated heterocycles. The minimum atomic E-state index is -0.596. The van der Waals surface area contributed by atoms with Gasteiger partial charge in [0.25, 0.3) is 0 Å². The highest BCUT2D eigenvalue weighted by Crippen LogP contribution is 2.58. The standard InChI is InChI=1S/C47H58N4/c48-43-38(31-15-5-1-6-16-31)27-35(28-39(43)32-17-7-2-8-18-32)47(42-24-14-13-23-37(42)45-46(47)51-26-25-50-45)36-29-40(33-19-9-3-10-20-33)44(49)41(30-36)34-21-11-4-12-22-34/h13-14,23-34H,1-12,15-22,48-49H2. The number of aromatic nitrogens is 2. The van der Waals surface area contributed by atoms with Crippen LogP contribution in [0, 0.1) is 0 Å². The van der Waals surface area contributed by atoms with E-state index in [0.717, 1.165) is 22.8 Å². The number of fused-ring (bicyclic) bond motifs is 3. The number of nitrogens with two attached hydrogens (primary N) is 2. The Kier molecular flexibility index (Phi) is 9.15. The molecule has 1 heterocycles. The first kappa shape index (κ1) is 33.2. The minimum absolute atomic E-state index is 0.512. The summed E-state index contributed by atoms with van der Waals surface area (Å²) in [6, 6.07) is 19.3. The fourth-order valence-electron chi connectivity index (χ4n) is 11.5. The molecule has 9 rings (SSSR count). The van der Waals surface area contributed by atoms with Gasteiger partial charge < -0.3 is 11.5 Å². The summed E-state index contributed by atoms with van der Waals surface area (Å²) < 4.78 is 0. The van der Waals surface area contributed by atoms with Crippen molar-refractivity contribution in [2.45, 2.75) is 158 Å². The number of hydrogen-bond donors (Lipinski definition) is 2. The van der Waals surface area contributed by atoms with E-state index < -0.39 is 5.41 Å². The van der Waals surface area contributed by atoms with Crippen LogP contribution in [0.25, 0.3) is 11.3 Å². The van der Waals surface area contributed by atoms with Gasteiger partial charge in [0.15, 0.2) is 0 Å². The molecule has 4 saturated carbocycles. The molecule has 5 aliphatic carbocycles. The molecule has 0 bridgehead atoms. The molecule has 0 aliphatic heterocycles. The minimum Gasteiger partial charge on any atom is -0.398 e. The Hall–Kier alpha value is -3.66. The molecule has 0 radical (unpaired) electrons. The van der Waals surface area contributed by atoms with Gasteiger partial charge in [0.05, 0.1) is 16.8 Å². The van der Waals surface area contributed by atoms with Crippen LogP contribution in [-0.4, -0.2) is 9.97 Å². The summed E-state index contributed by atoms with van der Waals surface area (Å²) in [5, 5.41) is 0. The van der Waals surface area contributed by atoms with Crippen LogP contribution >= 0.6 is 0 Å². The number of rotatable bonds is 6. The van der Waals surface area contributed by atoms with E-state index in [2.05, 4.69) is 48.5 Å². The summed E-state index contributed by atoms with van der Waals surface area (Å²) >= 11 is 0. The molecular formula is C47H58N4. The third-order valence-electron chi connectivity index (χ3n) is 14.2. The lowest BCUT2D eigenvalue weighted by Crippen LogP contribution is -2.31. The predicted octanol–water partition coefficient (Wildman–Crippen LogP) is 12.2. The third-order valence-corrected chi connectivity index (χ3v) is 14.2. The summed E-state index contributed by atoms with van der Waals surface area (Å²) in [6.07, 6.45) is 29.4. The molecule has 0 unspecified atom stereocenters. The topological polar surface area (TPSA) is 77.8 Å². The Morgan fingerprint density at radius 2 is 0.843 bits per heavy atom. The van der Waals surface area contributed by atoms with E-state index in [1.54, 1.807) is 0 Å². The summed E-state index contributed by atoms with van der Waals surface area (Å²) in [6.45, 7) is 0. The lowest BCUT2D eigenvalue weighted by molar-refractivity contribution is 0.435. The van der Waals surface area contributed by atoms with E-state index >= 15 is 0 Å². The molecular weight excluding hydrogens is 621 g/mol. The van der Waals surface area contributed by atoms with Crippen molar-refractivity contribution in [3.05, 3.63) is 106 Å². The number of anilines is 2. The first-order valence-corrected chi connectivity index (χ1v) is 20.9. The maximum absolute atomic E-state index is 7.40. The average molecular weight is 679 g/mol. The summed E-state index contributed by atoms with van der Waals surface area (Å²) in [5.74, 6) is 2.05. The zero-order valence-electron chi connectivity index (χ0n) is 30.8. The van der Waals surface area contributed by atoms with Crippen LogP contribution in [-0.2, 0) is 5.41 Å². The summed E-state index contributed by atoms with van der Waals surface area (Å²) in [7, 11) is 0. The molecule has 4 N–H and O–H groups in total. The molecule has 3 aromatic carbocycles. The fourth-order valence-corrected chi connectivity index (χ4v) is 11.5. The molecule has 5 aliphatic rings. The molecule has 4 aromatic rings. The van der Waals surface area contributed by atoms with Crippen LogP contribution in [0.5, 0.6) is 0 Å². The van der Waals surface area contributed by atoms with Crippen LogP contribution in [0.3, 0.4) is 0 Å². The smallest absolute Gasteiger partial charge is 0.0937 e. The highest BCUT2D eigenvalue weighted by Gasteiger charge is 2.50.